The standard InChI is InChI=1S/C22H34N2O3S.ClH/c1-17(13-20-5-6-22-21(14-20)9-12-27-22)23(15-18-3-4-18)16-19-7-10-24(11-8-19)28(2,25)26;/h5-6,14,17-19H,3-4,7-13,15-16H2,1-2H3;1H. The van der Waals surface area contributed by atoms with Crippen LogP contribution in [-0.2, 0) is 22.9 Å². The number of ether oxygens (including phenoxy) is 1. The maximum absolute atomic E-state index is 11.8. The van der Waals surface area contributed by atoms with E-state index in [0.29, 0.717) is 25.0 Å². The van der Waals surface area contributed by atoms with Crippen molar-refractivity contribution in [2.45, 2.75) is 51.5 Å². The van der Waals surface area contributed by atoms with E-state index in [9.17, 15) is 8.42 Å². The van der Waals surface area contributed by atoms with Gasteiger partial charge in [-0.15, -0.1) is 12.4 Å². The number of hydrogen-bond acceptors (Lipinski definition) is 4. The van der Waals surface area contributed by atoms with Crippen molar-refractivity contribution in [3.05, 3.63) is 29.3 Å². The molecule has 0 N–H and O–H groups in total. The fraction of sp³-hybridized carbons (Fsp3) is 0.727. The minimum atomic E-state index is -3.04. The van der Waals surface area contributed by atoms with Gasteiger partial charge in [-0.05, 0) is 68.1 Å². The molecule has 4 rings (SSSR count). The van der Waals surface area contributed by atoms with Gasteiger partial charge in [-0.1, -0.05) is 12.1 Å². The quantitative estimate of drug-likeness (QED) is 0.619. The van der Waals surface area contributed by atoms with E-state index in [1.54, 1.807) is 4.31 Å². The van der Waals surface area contributed by atoms with E-state index in [1.165, 1.54) is 36.8 Å². The van der Waals surface area contributed by atoms with Gasteiger partial charge in [0.25, 0.3) is 0 Å². The van der Waals surface area contributed by atoms with Crippen LogP contribution in [0, 0.1) is 11.8 Å². The Kier molecular flexibility index (Phi) is 7.52. The molecule has 2 aliphatic heterocycles. The fourth-order valence-electron chi connectivity index (χ4n) is 4.66. The van der Waals surface area contributed by atoms with Crippen molar-refractivity contribution in [1.29, 1.82) is 0 Å². The van der Waals surface area contributed by atoms with Gasteiger partial charge in [0.2, 0.25) is 10.0 Å². The molecule has 1 aromatic rings. The molecule has 1 atom stereocenters. The Bertz CT molecular complexity index is 789. The van der Waals surface area contributed by atoms with Crippen LogP contribution >= 0.6 is 12.4 Å². The summed E-state index contributed by atoms with van der Waals surface area (Å²) in [5.74, 6) is 2.53. The van der Waals surface area contributed by atoms with Crippen LogP contribution in [0.3, 0.4) is 0 Å². The highest BCUT2D eigenvalue weighted by atomic mass is 35.5. The molecule has 29 heavy (non-hydrogen) atoms. The van der Waals surface area contributed by atoms with E-state index < -0.39 is 10.0 Å². The lowest BCUT2D eigenvalue weighted by molar-refractivity contribution is 0.141. The largest absolute Gasteiger partial charge is 0.493 e. The van der Waals surface area contributed by atoms with Crippen molar-refractivity contribution in [2.75, 3.05) is 39.0 Å². The number of halogens is 1. The van der Waals surface area contributed by atoms with E-state index in [-0.39, 0.29) is 12.4 Å². The SMILES string of the molecule is CC(Cc1ccc2c(c1)CCO2)N(CC1CC1)CC1CCN(S(C)(=O)=O)CC1.Cl. The Morgan fingerprint density at radius 1 is 1.14 bits per heavy atom. The maximum Gasteiger partial charge on any atom is 0.211 e. The number of sulfonamides is 1. The summed E-state index contributed by atoms with van der Waals surface area (Å²) in [7, 11) is -3.04. The molecule has 1 aliphatic carbocycles. The summed E-state index contributed by atoms with van der Waals surface area (Å²) >= 11 is 0. The molecule has 2 heterocycles. The molecule has 0 amide bonds. The highest BCUT2D eigenvalue weighted by Gasteiger charge is 2.31. The van der Waals surface area contributed by atoms with Crippen molar-refractivity contribution < 1.29 is 13.2 Å². The topological polar surface area (TPSA) is 49.9 Å². The number of rotatable bonds is 8. The molecule has 1 saturated heterocycles. The van der Waals surface area contributed by atoms with Crippen LogP contribution in [0.1, 0.15) is 43.7 Å². The zero-order valence-electron chi connectivity index (χ0n) is 17.7. The lowest BCUT2D eigenvalue weighted by Crippen LogP contribution is -2.44. The molecule has 1 aromatic carbocycles. The smallest absolute Gasteiger partial charge is 0.211 e. The van der Waals surface area contributed by atoms with E-state index >= 15 is 0 Å². The minimum absolute atomic E-state index is 0. The summed E-state index contributed by atoms with van der Waals surface area (Å²) < 4.78 is 30.8. The molecule has 2 fully saturated rings. The highest BCUT2D eigenvalue weighted by Crippen LogP contribution is 2.32. The molecule has 0 spiro atoms. The van der Waals surface area contributed by atoms with Gasteiger partial charge in [-0.3, -0.25) is 4.90 Å². The molecule has 7 heteroatoms. The lowest BCUT2D eigenvalue weighted by Gasteiger charge is -2.36. The second kappa shape index (κ2) is 9.54. The Hall–Kier alpha value is -0.820. The van der Waals surface area contributed by atoms with Gasteiger partial charge in [0, 0.05) is 38.6 Å². The van der Waals surface area contributed by atoms with Crippen LogP contribution in [0.2, 0.25) is 0 Å². The van der Waals surface area contributed by atoms with Gasteiger partial charge in [0.15, 0.2) is 0 Å². The molecule has 1 unspecified atom stereocenters. The van der Waals surface area contributed by atoms with Gasteiger partial charge in [-0.2, -0.15) is 0 Å². The van der Waals surface area contributed by atoms with Crippen LogP contribution in [0.15, 0.2) is 18.2 Å². The number of benzene rings is 1. The normalized spacial score (nSPS) is 21.5. The lowest BCUT2D eigenvalue weighted by atomic mass is 9.95. The summed E-state index contributed by atoms with van der Waals surface area (Å²) in [6, 6.07) is 7.20. The number of fused-ring (bicyclic) bond motifs is 1. The van der Waals surface area contributed by atoms with Crippen LogP contribution in [0.5, 0.6) is 5.75 Å². The average molecular weight is 443 g/mol. The van der Waals surface area contributed by atoms with E-state index in [1.807, 2.05) is 0 Å². The Labute approximate surface area is 182 Å². The van der Waals surface area contributed by atoms with Crippen LogP contribution in [0.4, 0.5) is 0 Å². The molecule has 1 saturated carbocycles. The third kappa shape index (κ3) is 6.09. The molecular weight excluding hydrogens is 408 g/mol. The first-order valence-electron chi connectivity index (χ1n) is 10.8. The van der Waals surface area contributed by atoms with Gasteiger partial charge >= 0.3 is 0 Å². The van der Waals surface area contributed by atoms with Crippen molar-refractivity contribution >= 4 is 22.4 Å². The average Bonchev–Trinajstić information content (AvgIpc) is 3.35. The predicted octanol–water partition coefficient (Wildman–Crippen LogP) is 3.36. The van der Waals surface area contributed by atoms with E-state index in [4.69, 9.17) is 4.74 Å². The van der Waals surface area contributed by atoms with Crippen molar-refractivity contribution in [3.8, 4) is 5.75 Å². The van der Waals surface area contributed by atoms with Gasteiger partial charge < -0.3 is 4.74 Å². The van der Waals surface area contributed by atoms with Crippen LogP contribution in [0.25, 0.3) is 0 Å². The first-order chi connectivity index (χ1) is 13.4. The summed E-state index contributed by atoms with van der Waals surface area (Å²) in [6.07, 6.45) is 8.13. The predicted molar refractivity (Wildman–Crippen MR) is 119 cm³/mol. The Morgan fingerprint density at radius 2 is 1.79 bits per heavy atom. The number of piperidine rings is 1. The monoisotopic (exact) mass is 442 g/mol. The molecule has 5 nitrogen and oxygen atoms in total. The summed E-state index contributed by atoms with van der Waals surface area (Å²) in [5, 5.41) is 0. The summed E-state index contributed by atoms with van der Waals surface area (Å²) in [6.45, 7) is 6.83. The van der Waals surface area contributed by atoms with Crippen LogP contribution < -0.4 is 4.74 Å². The maximum atomic E-state index is 11.8. The molecule has 0 bridgehead atoms. The third-order valence-corrected chi connectivity index (χ3v) is 7.94. The van der Waals surface area contributed by atoms with Gasteiger partial charge in [0.05, 0.1) is 12.9 Å². The Morgan fingerprint density at radius 3 is 2.41 bits per heavy atom. The first kappa shape index (κ1) is 22.9. The zero-order chi connectivity index (χ0) is 19.7. The molecule has 0 radical (unpaired) electrons. The number of nitrogens with zero attached hydrogens (tertiary/aromatic N) is 2. The van der Waals surface area contributed by atoms with E-state index in [0.717, 1.165) is 50.5 Å². The van der Waals surface area contributed by atoms with Gasteiger partial charge in [-0.25, -0.2) is 12.7 Å². The third-order valence-electron chi connectivity index (χ3n) is 6.63. The van der Waals surface area contributed by atoms with Gasteiger partial charge in [0.1, 0.15) is 5.75 Å². The fourth-order valence-corrected chi connectivity index (χ4v) is 5.53. The first-order valence-corrected chi connectivity index (χ1v) is 12.7. The molecule has 3 aliphatic rings. The van der Waals surface area contributed by atoms with Crippen LogP contribution in [-0.4, -0.2) is 62.7 Å². The minimum Gasteiger partial charge on any atom is -0.493 e. The van der Waals surface area contributed by atoms with Crippen molar-refractivity contribution in [1.82, 2.24) is 9.21 Å². The molecular formula is C22H35ClN2O3S. The Balaban J connectivity index is 0.00000240. The number of hydrogen-bond donors (Lipinski definition) is 0. The van der Waals surface area contributed by atoms with Crippen molar-refractivity contribution in [3.63, 3.8) is 0 Å². The molecule has 164 valence electrons. The van der Waals surface area contributed by atoms with E-state index in [2.05, 4.69) is 30.0 Å². The summed E-state index contributed by atoms with van der Waals surface area (Å²) in [4.78, 5) is 2.68. The second-order valence-corrected chi connectivity index (χ2v) is 11.1. The second-order valence-electron chi connectivity index (χ2n) is 9.10. The highest BCUT2D eigenvalue weighted by molar-refractivity contribution is 7.88. The molecule has 0 aromatic heterocycles. The van der Waals surface area contributed by atoms with Crippen molar-refractivity contribution in [2.24, 2.45) is 11.8 Å². The zero-order valence-corrected chi connectivity index (χ0v) is 19.3. The summed E-state index contributed by atoms with van der Waals surface area (Å²) in [5.41, 5.74) is 2.76.